The smallest absolute Gasteiger partial charge is 0.249 e. The second-order valence-corrected chi connectivity index (χ2v) is 15.4. The first-order valence-corrected chi connectivity index (χ1v) is 17.7. The third kappa shape index (κ3) is 6.78. The van der Waals surface area contributed by atoms with E-state index >= 15 is 4.11 Å². The molecule has 0 aliphatic carbocycles. The van der Waals surface area contributed by atoms with E-state index in [0.29, 0.717) is 43.9 Å². The van der Waals surface area contributed by atoms with Crippen molar-refractivity contribution in [2.45, 2.75) is 76.4 Å². The Morgan fingerprint density at radius 2 is 1.95 bits per heavy atom. The van der Waals surface area contributed by atoms with E-state index < -0.39 is 20.6 Å². The van der Waals surface area contributed by atoms with Gasteiger partial charge in [0, 0.05) is 43.0 Å². The van der Waals surface area contributed by atoms with Gasteiger partial charge in [-0.25, -0.2) is 0 Å². The van der Waals surface area contributed by atoms with E-state index in [-0.39, 0.29) is 36.7 Å². The van der Waals surface area contributed by atoms with Crippen LogP contribution in [0.5, 0.6) is 11.5 Å². The highest BCUT2D eigenvalue weighted by Gasteiger charge is 2.47. The predicted octanol–water partition coefficient (Wildman–Crippen LogP) is 5.05. The number of amides is 1. The number of aliphatic hydroxyl groups is 2. The molecule has 4 rings (SSSR count). The van der Waals surface area contributed by atoms with Crippen molar-refractivity contribution in [3.8, 4) is 11.5 Å². The first-order valence-electron chi connectivity index (χ1n) is 14.7. The number of nitrogens with zero attached hydrogens (tertiary/aromatic N) is 1. The van der Waals surface area contributed by atoms with Gasteiger partial charge >= 0.3 is 0 Å². The summed E-state index contributed by atoms with van der Waals surface area (Å²) in [5.74, 6) is 1.14. The predicted molar refractivity (Wildman–Crippen MR) is 160 cm³/mol. The number of carbonyl (C=O) groups excluding carboxylic acids is 1. The van der Waals surface area contributed by atoms with Gasteiger partial charge in [-0.1, -0.05) is 6.92 Å². The molecule has 0 saturated heterocycles. The van der Waals surface area contributed by atoms with Crippen molar-refractivity contribution < 1.29 is 33.3 Å². The standard InChI is InChI=1S/C31H45FN2O6Si/c1-6-39-23-10-11-26-21(17-23)18-25(33-14-7-8-15-35)31(37)34(26)22-9-12-27-24(19-22)29(38-3)20(2)30(40-27)28(13-16-36)41(4,5)32/h9-12,17,19-20,25,28-30,33,35-36H,6-8,13-16,18H2,1-5H3/t20-,25?,28?,29-,30-/m1/s1. The molecule has 0 saturated carbocycles. The third-order valence-electron chi connectivity index (χ3n) is 8.31. The lowest BCUT2D eigenvalue weighted by atomic mass is 9.86. The lowest BCUT2D eigenvalue weighted by Gasteiger charge is -2.43. The maximum atomic E-state index is 15.4. The van der Waals surface area contributed by atoms with Crippen LogP contribution in [-0.2, 0) is 16.0 Å². The summed E-state index contributed by atoms with van der Waals surface area (Å²) in [5, 5.41) is 22.2. The summed E-state index contributed by atoms with van der Waals surface area (Å²) >= 11 is 0. The van der Waals surface area contributed by atoms with Crippen LogP contribution in [0.15, 0.2) is 36.4 Å². The normalized spacial score (nSPS) is 23.0. The number of unbranched alkanes of at least 4 members (excludes halogenated alkanes) is 1. The number of anilines is 2. The quantitative estimate of drug-likeness (QED) is 0.171. The molecule has 10 heteroatoms. The lowest BCUT2D eigenvalue weighted by Crippen LogP contribution is -2.50. The Balaban J connectivity index is 1.72. The molecule has 41 heavy (non-hydrogen) atoms. The summed E-state index contributed by atoms with van der Waals surface area (Å²) in [6.45, 7) is 8.46. The molecule has 0 fully saturated rings. The molecule has 0 radical (unpaired) electrons. The van der Waals surface area contributed by atoms with E-state index in [1.165, 1.54) is 0 Å². The Kier molecular flexibility index (Phi) is 10.5. The van der Waals surface area contributed by atoms with E-state index in [2.05, 4.69) is 5.32 Å². The summed E-state index contributed by atoms with van der Waals surface area (Å²) in [4.78, 5) is 15.7. The minimum atomic E-state index is -3.15. The number of hydrogen-bond donors (Lipinski definition) is 3. The number of carbonyl (C=O) groups is 1. The maximum Gasteiger partial charge on any atom is 0.249 e. The minimum Gasteiger partial charge on any atom is -0.494 e. The van der Waals surface area contributed by atoms with Gasteiger partial charge in [0.05, 0.1) is 24.4 Å². The van der Waals surface area contributed by atoms with Crippen LogP contribution >= 0.6 is 0 Å². The molecule has 226 valence electrons. The fourth-order valence-electron chi connectivity index (χ4n) is 6.26. The van der Waals surface area contributed by atoms with Gasteiger partial charge in [-0.15, -0.1) is 0 Å². The number of ether oxygens (including phenoxy) is 3. The zero-order valence-corrected chi connectivity index (χ0v) is 25.9. The molecule has 2 aliphatic rings. The number of hydrogen-bond acceptors (Lipinski definition) is 7. The lowest BCUT2D eigenvalue weighted by molar-refractivity contribution is -0.120. The second-order valence-electron chi connectivity index (χ2n) is 11.5. The molecular weight excluding hydrogens is 543 g/mol. The first kappa shape index (κ1) is 31.4. The SMILES string of the molecule is CCOc1ccc2c(c1)CC(NCCCCO)C(=O)N2c1ccc2c(c1)[C@H](OC)[C@@H](C)[C@H](C(CCO)[Si](C)(C)F)O2. The Morgan fingerprint density at radius 3 is 2.61 bits per heavy atom. The summed E-state index contributed by atoms with van der Waals surface area (Å²) in [6.07, 6.45) is 1.52. The number of benzene rings is 2. The topological polar surface area (TPSA) is 100 Å². The molecule has 2 heterocycles. The van der Waals surface area contributed by atoms with Crippen molar-refractivity contribution in [1.29, 1.82) is 0 Å². The molecule has 5 atom stereocenters. The van der Waals surface area contributed by atoms with Crippen LogP contribution in [0.2, 0.25) is 18.6 Å². The van der Waals surface area contributed by atoms with Crippen molar-refractivity contribution in [2.24, 2.45) is 5.92 Å². The number of rotatable bonds is 13. The summed E-state index contributed by atoms with van der Waals surface area (Å²) in [5.41, 5.74) is 2.93. The highest BCUT2D eigenvalue weighted by molar-refractivity contribution is 6.72. The number of aliphatic hydroxyl groups excluding tert-OH is 2. The van der Waals surface area contributed by atoms with Gasteiger partial charge in [-0.05, 0) is 94.2 Å². The summed E-state index contributed by atoms with van der Waals surface area (Å²) in [7, 11) is -1.51. The molecule has 3 N–H and O–H groups in total. The van der Waals surface area contributed by atoms with Crippen molar-refractivity contribution in [3.63, 3.8) is 0 Å². The fraction of sp³-hybridized carbons (Fsp3) is 0.581. The zero-order chi connectivity index (χ0) is 29.7. The van der Waals surface area contributed by atoms with Gasteiger partial charge in [-0.3, -0.25) is 9.69 Å². The van der Waals surface area contributed by atoms with E-state index in [1.54, 1.807) is 25.1 Å². The Labute approximate surface area is 244 Å². The second kappa shape index (κ2) is 13.6. The molecule has 2 unspecified atom stereocenters. The fourth-order valence-corrected chi connectivity index (χ4v) is 8.23. The molecule has 2 aromatic rings. The molecule has 0 aromatic heterocycles. The van der Waals surface area contributed by atoms with Gasteiger partial charge < -0.3 is 33.8 Å². The third-order valence-corrected chi connectivity index (χ3v) is 10.7. The molecule has 8 nitrogen and oxygen atoms in total. The number of nitrogens with one attached hydrogen (secondary N) is 1. The van der Waals surface area contributed by atoms with E-state index in [9.17, 15) is 9.90 Å². The Hall–Kier alpha value is -2.50. The van der Waals surface area contributed by atoms with Crippen LogP contribution in [0.3, 0.4) is 0 Å². The molecule has 2 aliphatic heterocycles. The average Bonchev–Trinajstić information content (AvgIpc) is 2.93. The number of methoxy groups -OCH3 is 1. The number of halogens is 1. The van der Waals surface area contributed by atoms with E-state index in [1.807, 2.05) is 50.2 Å². The van der Waals surface area contributed by atoms with Crippen LogP contribution in [0.4, 0.5) is 15.5 Å². The molecular formula is C31H45FN2O6Si. The van der Waals surface area contributed by atoms with Crippen LogP contribution in [0.25, 0.3) is 0 Å². The van der Waals surface area contributed by atoms with E-state index in [4.69, 9.17) is 19.3 Å². The van der Waals surface area contributed by atoms with Gasteiger partial charge in [0.1, 0.15) is 17.6 Å². The zero-order valence-electron chi connectivity index (χ0n) is 24.9. The van der Waals surface area contributed by atoms with Crippen molar-refractivity contribution in [1.82, 2.24) is 5.32 Å². The molecule has 0 spiro atoms. The Morgan fingerprint density at radius 1 is 1.17 bits per heavy atom. The summed E-state index contributed by atoms with van der Waals surface area (Å²) in [6, 6.07) is 11.0. The van der Waals surface area contributed by atoms with Crippen LogP contribution in [-0.4, -0.2) is 70.1 Å². The molecule has 0 bridgehead atoms. The van der Waals surface area contributed by atoms with Gasteiger partial charge in [0.25, 0.3) is 0 Å². The average molecular weight is 589 g/mol. The monoisotopic (exact) mass is 588 g/mol. The van der Waals surface area contributed by atoms with Crippen LogP contribution < -0.4 is 19.7 Å². The van der Waals surface area contributed by atoms with Crippen molar-refractivity contribution in [3.05, 3.63) is 47.5 Å². The van der Waals surface area contributed by atoms with E-state index in [0.717, 1.165) is 29.0 Å². The van der Waals surface area contributed by atoms with Gasteiger partial charge in [-0.2, -0.15) is 0 Å². The van der Waals surface area contributed by atoms with Crippen molar-refractivity contribution >= 4 is 25.7 Å². The number of fused-ring (bicyclic) bond motifs is 2. The Bertz CT molecular complexity index is 1190. The molecule has 1 amide bonds. The van der Waals surface area contributed by atoms with Gasteiger partial charge in [0.2, 0.25) is 14.3 Å². The maximum absolute atomic E-state index is 15.4. The largest absolute Gasteiger partial charge is 0.494 e. The van der Waals surface area contributed by atoms with Crippen molar-refractivity contribution in [2.75, 3.05) is 38.4 Å². The van der Waals surface area contributed by atoms with Crippen LogP contribution in [0, 0.1) is 5.92 Å². The molecule has 2 aromatic carbocycles. The highest BCUT2D eigenvalue weighted by Crippen LogP contribution is 2.49. The minimum absolute atomic E-state index is 0.0598. The first-order chi connectivity index (χ1) is 19.6. The highest BCUT2D eigenvalue weighted by atomic mass is 28.4. The summed E-state index contributed by atoms with van der Waals surface area (Å²) < 4.78 is 33.5. The van der Waals surface area contributed by atoms with Gasteiger partial charge in [0.15, 0.2) is 0 Å². The van der Waals surface area contributed by atoms with Crippen LogP contribution in [0.1, 0.15) is 50.3 Å².